The minimum atomic E-state index is -0.360. The molecule has 0 radical (unpaired) electrons. The maximum atomic E-state index is 12.8. The molecule has 0 heterocycles. The molecule has 0 spiro atoms. The van der Waals surface area contributed by atoms with Crippen molar-refractivity contribution < 1.29 is 38.0 Å². The fourth-order valence-electron chi connectivity index (χ4n) is 7.12. The van der Waals surface area contributed by atoms with Crippen LogP contribution in [0.2, 0.25) is 0 Å². The summed E-state index contributed by atoms with van der Waals surface area (Å²) in [7, 11) is 0. The van der Waals surface area contributed by atoms with E-state index in [2.05, 4.69) is 38.3 Å². The van der Waals surface area contributed by atoms with E-state index in [0.717, 1.165) is 89.6 Å². The van der Waals surface area contributed by atoms with Gasteiger partial charge in [0.25, 0.3) is 0 Å². The number of nitrogens with one attached hydrogen (secondary N) is 2. The lowest BCUT2D eigenvalue weighted by atomic mass is 9.76. The van der Waals surface area contributed by atoms with E-state index in [1.165, 1.54) is 12.8 Å². The van der Waals surface area contributed by atoms with Gasteiger partial charge >= 0.3 is 12.2 Å². The summed E-state index contributed by atoms with van der Waals surface area (Å²) in [5.74, 6) is 2.80. The van der Waals surface area contributed by atoms with Crippen molar-refractivity contribution in [2.24, 2.45) is 23.7 Å². The zero-order chi connectivity index (χ0) is 35.6. The summed E-state index contributed by atoms with van der Waals surface area (Å²) in [5.41, 5.74) is 0. The van der Waals surface area contributed by atoms with E-state index in [1.54, 1.807) is 0 Å². The smallest absolute Gasteiger partial charge is 0.407 e. The van der Waals surface area contributed by atoms with E-state index in [-0.39, 0.29) is 54.8 Å². The summed E-state index contributed by atoms with van der Waals surface area (Å²) in [6, 6.07) is 0.363. The van der Waals surface area contributed by atoms with Crippen molar-refractivity contribution in [1.82, 2.24) is 10.6 Å². The molecule has 286 valence electrons. The number of alkyl carbamates (subject to hydrolysis) is 2. The van der Waals surface area contributed by atoms with Crippen molar-refractivity contribution >= 4 is 12.2 Å². The number of amides is 2. The van der Waals surface area contributed by atoms with Gasteiger partial charge in [-0.05, 0) is 135 Å². The molecule has 3 unspecified atom stereocenters. The third kappa shape index (κ3) is 17.9. The second kappa shape index (κ2) is 23.0. The molecule has 2 amide bonds. The van der Waals surface area contributed by atoms with Crippen LogP contribution in [-0.2, 0) is 28.4 Å². The Bertz CT molecular complexity index is 907. The largest absolute Gasteiger partial charge is 0.444 e. The van der Waals surface area contributed by atoms with Crippen LogP contribution < -0.4 is 10.6 Å². The van der Waals surface area contributed by atoms with Gasteiger partial charge in [-0.3, -0.25) is 0 Å². The molecular formula is C39H72N2O8. The second-order valence-corrected chi connectivity index (χ2v) is 15.7. The molecule has 0 aliphatic heterocycles. The molecule has 10 heteroatoms. The molecule has 0 aromatic heterocycles. The molecule has 0 saturated heterocycles. The Morgan fingerprint density at radius 3 is 1.65 bits per heavy atom. The summed E-state index contributed by atoms with van der Waals surface area (Å²) < 4.78 is 34.7. The average molecular weight is 697 g/mol. The van der Waals surface area contributed by atoms with Gasteiger partial charge in [-0.1, -0.05) is 27.2 Å². The summed E-state index contributed by atoms with van der Waals surface area (Å²) in [4.78, 5) is 25.3. The van der Waals surface area contributed by atoms with Crippen molar-refractivity contribution in [3.05, 3.63) is 0 Å². The van der Waals surface area contributed by atoms with Crippen LogP contribution in [0.1, 0.15) is 138 Å². The topological polar surface area (TPSA) is 114 Å². The summed E-state index contributed by atoms with van der Waals surface area (Å²) in [6.45, 7) is 17.0. The highest BCUT2D eigenvalue weighted by Gasteiger charge is 2.36. The maximum Gasteiger partial charge on any atom is 0.407 e. The normalized spacial score (nSPS) is 28.5. The first kappa shape index (κ1) is 41.8. The third-order valence-corrected chi connectivity index (χ3v) is 10.8. The van der Waals surface area contributed by atoms with Crippen LogP contribution in [-0.4, -0.2) is 87.8 Å². The Morgan fingerprint density at radius 1 is 0.673 bits per heavy atom. The van der Waals surface area contributed by atoms with Gasteiger partial charge in [0.1, 0.15) is 12.2 Å². The van der Waals surface area contributed by atoms with E-state index in [4.69, 9.17) is 28.4 Å². The van der Waals surface area contributed by atoms with Crippen LogP contribution in [0.3, 0.4) is 0 Å². The van der Waals surface area contributed by atoms with Crippen molar-refractivity contribution in [3.8, 4) is 0 Å². The molecule has 3 aliphatic carbocycles. The second-order valence-electron chi connectivity index (χ2n) is 15.7. The average Bonchev–Trinajstić information content (AvgIpc) is 3.78. The molecule has 3 saturated carbocycles. The van der Waals surface area contributed by atoms with Crippen molar-refractivity contribution in [1.29, 1.82) is 0 Å². The number of carbonyl (C=O) groups excluding carboxylic acids is 2. The Morgan fingerprint density at radius 2 is 1.16 bits per heavy atom. The van der Waals surface area contributed by atoms with Gasteiger partial charge in [-0.25, -0.2) is 9.59 Å². The SMILES string of the molecule is CCCCOCC(CC1CC1C)OC(=O)NC1CCC(CC2CCC(NC(=O)O[C@@H](C)CO[C@H](C)CO[C@@H](C)CO[C@H](C)CC)CC2)CC1. The van der Waals surface area contributed by atoms with E-state index in [1.807, 2.05) is 20.8 Å². The molecule has 3 fully saturated rings. The van der Waals surface area contributed by atoms with Gasteiger partial charge in [0.15, 0.2) is 0 Å². The Labute approximate surface area is 298 Å². The van der Waals surface area contributed by atoms with E-state index in [9.17, 15) is 9.59 Å². The standard InChI is InChI=1S/C39H72N2O8/c1-8-10-19-44-26-37(22-34-20-27(34)3)49-39(43)41-36-17-13-33(14-18-36)21-32-11-15-35(16-12-32)40-38(42)48-31(7)25-47-30(6)24-46-29(5)23-45-28(4)9-2/h27-37H,8-26H2,1-7H3,(H,40,42)(H,41,43)/t27?,28-,29+,30-,31+,32?,33?,34?,35?,36?,37?/m1/s1. The molecule has 10 nitrogen and oxygen atoms in total. The molecule has 49 heavy (non-hydrogen) atoms. The van der Waals surface area contributed by atoms with E-state index < -0.39 is 0 Å². The number of hydrogen-bond donors (Lipinski definition) is 2. The molecule has 3 rings (SSSR count). The molecule has 0 bridgehead atoms. The number of unbranched alkanes of at least 4 members (excludes halogenated alkanes) is 1. The molecule has 0 aromatic carbocycles. The fraction of sp³-hybridized carbons (Fsp3) is 0.949. The Kier molecular flexibility index (Phi) is 19.7. The molecule has 3 aliphatic rings. The van der Waals surface area contributed by atoms with Gasteiger partial charge in [0, 0.05) is 18.7 Å². The lowest BCUT2D eigenvalue weighted by Gasteiger charge is -2.34. The predicted octanol–water partition coefficient (Wildman–Crippen LogP) is 8.19. The van der Waals surface area contributed by atoms with Crippen LogP contribution in [0.5, 0.6) is 0 Å². The van der Waals surface area contributed by atoms with Gasteiger partial charge < -0.3 is 39.1 Å². The van der Waals surface area contributed by atoms with Gasteiger partial charge in [-0.15, -0.1) is 0 Å². The quantitative estimate of drug-likeness (QED) is 0.103. The van der Waals surface area contributed by atoms with Gasteiger partial charge in [0.05, 0.1) is 44.7 Å². The lowest BCUT2D eigenvalue weighted by molar-refractivity contribution is -0.0790. The number of carbonyl (C=O) groups is 2. The Hall–Kier alpha value is -1.62. The third-order valence-electron chi connectivity index (χ3n) is 10.8. The van der Waals surface area contributed by atoms with Gasteiger partial charge in [-0.2, -0.15) is 0 Å². The van der Waals surface area contributed by atoms with Crippen LogP contribution in [0, 0.1) is 23.7 Å². The lowest BCUT2D eigenvalue weighted by Crippen LogP contribution is -2.41. The summed E-state index contributed by atoms with van der Waals surface area (Å²) in [5, 5.41) is 6.25. The first-order valence-corrected chi connectivity index (χ1v) is 19.9. The highest BCUT2D eigenvalue weighted by Crippen LogP contribution is 2.42. The van der Waals surface area contributed by atoms with Crippen LogP contribution >= 0.6 is 0 Å². The highest BCUT2D eigenvalue weighted by molar-refractivity contribution is 5.68. The Balaban J connectivity index is 1.22. The van der Waals surface area contributed by atoms with Crippen LogP contribution in [0.15, 0.2) is 0 Å². The van der Waals surface area contributed by atoms with Crippen molar-refractivity contribution in [2.75, 3.05) is 33.0 Å². The monoisotopic (exact) mass is 697 g/mol. The molecular weight excluding hydrogens is 624 g/mol. The summed E-state index contributed by atoms with van der Waals surface area (Å²) in [6.07, 6.45) is 14.1. The maximum absolute atomic E-state index is 12.8. The van der Waals surface area contributed by atoms with E-state index >= 15 is 0 Å². The number of hydrogen-bond acceptors (Lipinski definition) is 8. The van der Waals surface area contributed by atoms with Crippen molar-refractivity contribution in [3.63, 3.8) is 0 Å². The predicted molar refractivity (Wildman–Crippen MR) is 193 cm³/mol. The number of ether oxygens (including phenoxy) is 6. The molecule has 7 atom stereocenters. The van der Waals surface area contributed by atoms with Crippen LogP contribution in [0.25, 0.3) is 0 Å². The molecule has 2 N–H and O–H groups in total. The zero-order valence-electron chi connectivity index (χ0n) is 32.1. The summed E-state index contributed by atoms with van der Waals surface area (Å²) >= 11 is 0. The van der Waals surface area contributed by atoms with Crippen LogP contribution in [0.4, 0.5) is 9.59 Å². The number of rotatable bonds is 23. The van der Waals surface area contributed by atoms with Crippen molar-refractivity contribution in [2.45, 2.75) is 181 Å². The van der Waals surface area contributed by atoms with E-state index in [0.29, 0.717) is 44.2 Å². The first-order chi connectivity index (χ1) is 23.5. The minimum Gasteiger partial charge on any atom is -0.444 e. The molecule has 0 aromatic rings. The minimum absolute atomic E-state index is 0.00379. The van der Waals surface area contributed by atoms with Gasteiger partial charge in [0.2, 0.25) is 0 Å². The highest BCUT2D eigenvalue weighted by atomic mass is 16.6. The first-order valence-electron chi connectivity index (χ1n) is 19.9. The zero-order valence-corrected chi connectivity index (χ0v) is 32.1. The fourth-order valence-corrected chi connectivity index (χ4v) is 7.12.